The highest BCUT2D eigenvalue weighted by molar-refractivity contribution is 7.92. The maximum Gasteiger partial charge on any atom is 0.264 e. The van der Waals surface area contributed by atoms with E-state index in [1.807, 2.05) is 37.8 Å². The zero-order valence-electron chi connectivity index (χ0n) is 23.1. The summed E-state index contributed by atoms with van der Waals surface area (Å²) in [6, 6.07) is 15.3. The van der Waals surface area contributed by atoms with Crippen molar-refractivity contribution in [1.82, 2.24) is 4.31 Å². The molecule has 0 aromatic heterocycles. The predicted molar refractivity (Wildman–Crippen MR) is 153 cm³/mol. The second-order valence-electron chi connectivity index (χ2n) is 9.62. The summed E-state index contributed by atoms with van der Waals surface area (Å²) in [6.07, 6.45) is 0. The largest absolute Gasteiger partial charge is 0.497 e. The molecule has 9 nitrogen and oxygen atoms in total. The van der Waals surface area contributed by atoms with Crippen molar-refractivity contribution in [1.29, 1.82) is 0 Å². The highest BCUT2D eigenvalue weighted by atomic mass is 32.2. The van der Waals surface area contributed by atoms with Crippen LogP contribution in [-0.4, -0.2) is 68.6 Å². The third kappa shape index (κ3) is 5.57. The van der Waals surface area contributed by atoms with Crippen LogP contribution in [0.15, 0.2) is 64.4 Å². The molecule has 1 heterocycles. The van der Waals surface area contributed by atoms with E-state index in [0.29, 0.717) is 40.9 Å². The van der Waals surface area contributed by atoms with Gasteiger partial charge in [0, 0.05) is 33.2 Å². The molecular formula is C28H35N3O6S2. The first-order valence-corrected chi connectivity index (χ1v) is 15.4. The van der Waals surface area contributed by atoms with Crippen LogP contribution in [-0.2, 0) is 20.0 Å². The number of ether oxygens (including phenoxy) is 2. The van der Waals surface area contributed by atoms with E-state index >= 15 is 0 Å². The molecule has 1 saturated heterocycles. The first-order valence-electron chi connectivity index (χ1n) is 12.5. The molecule has 0 saturated carbocycles. The van der Waals surface area contributed by atoms with Gasteiger partial charge < -0.3 is 14.4 Å². The van der Waals surface area contributed by atoms with Crippen molar-refractivity contribution < 1.29 is 26.3 Å². The van der Waals surface area contributed by atoms with Gasteiger partial charge in [0.15, 0.2) is 0 Å². The first kappa shape index (κ1) is 28.7. The Bertz CT molecular complexity index is 1540. The number of hydrogen-bond donors (Lipinski definition) is 0. The number of aryl methyl sites for hydroxylation is 3. The Balaban J connectivity index is 1.58. The van der Waals surface area contributed by atoms with Gasteiger partial charge in [0.05, 0.1) is 35.4 Å². The van der Waals surface area contributed by atoms with Crippen molar-refractivity contribution in [2.45, 2.75) is 30.6 Å². The van der Waals surface area contributed by atoms with Crippen molar-refractivity contribution in [3.8, 4) is 11.5 Å². The summed E-state index contributed by atoms with van der Waals surface area (Å²) in [5, 5.41) is 0. The van der Waals surface area contributed by atoms with Gasteiger partial charge in [-0.05, 0) is 74.4 Å². The van der Waals surface area contributed by atoms with Gasteiger partial charge in [0.1, 0.15) is 11.5 Å². The lowest BCUT2D eigenvalue weighted by molar-refractivity contribution is 0.377. The van der Waals surface area contributed by atoms with E-state index < -0.39 is 20.0 Å². The minimum Gasteiger partial charge on any atom is -0.497 e. The molecule has 3 aromatic rings. The summed E-state index contributed by atoms with van der Waals surface area (Å²) in [4.78, 5) is 2.43. The van der Waals surface area contributed by atoms with E-state index in [2.05, 4.69) is 0 Å². The van der Waals surface area contributed by atoms with Crippen LogP contribution in [0, 0.1) is 20.8 Å². The molecule has 3 aromatic carbocycles. The Morgan fingerprint density at radius 1 is 0.769 bits per heavy atom. The van der Waals surface area contributed by atoms with Crippen LogP contribution in [0.3, 0.4) is 0 Å². The van der Waals surface area contributed by atoms with Crippen LogP contribution < -0.4 is 18.7 Å². The average Bonchev–Trinajstić information content (AvgIpc) is 2.91. The summed E-state index contributed by atoms with van der Waals surface area (Å²) in [5.41, 5.74) is 3.58. The van der Waals surface area contributed by atoms with E-state index in [4.69, 9.17) is 9.47 Å². The number of anilines is 2. The first-order chi connectivity index (χ1) is 18.4. The molecule has 1 aliphatic heterocycles. The molecule has 0 aliphatic carbocycles. The molecular weight excluding hydrogens is 538 g/mol. The second kappa shape index (κ2) is 11.1. The number of rotatable bonds is 8. The highest BCUT2D eigenvalue weighted by Gasteiger charge is 2.32. The molecule has 0 amide bonds. The van der Waals surface area contributed by atoms with Gasteiger partial charge in [-0.3, -0.25) is 4.31 Å². The Morgan fingerprint density at radius 2 is 1.36 bits per heavy atom. The molecule has 0 bridgehead atoms. The lowest BCUT2D eigenvalue weighted by Crippen LogP contribution is -2.49. The molecule has 0 N–H and O–H groups in total. The van der Waals surface area contributed by atoms with Crippen molar-refractivity contribution in [3.63, 3.8) is 0 Å². The Kier molecular flexibility index (Phi) is 8.15. The molecule has 0 unspecified atom stereocenters. The molecule has 1 aliphatic rings. The van der Waals surface area contributed by atoms with Gasteiger partial charge in [0.2, 0.25) is 10.0 Å². The molecule has 0 atom stereocenters. The summed E-state index contributed by atoms with van der Waals surface area (Å²) in [6.45, 7) is 6.90. The molecule has 39 heavy (non-hydrogen) atoms. The van der Waals surface area contributed by atoms with Gasteiger partial charge in [0.25, 0.3) is 10.0 Å². The predicted octanol–water partition coefficient (Wildman–Crippen LogP) is 3.97. The fourth-order valence-electron chi connectivity index (χ4n) is 5.04. The topological polar surface area (TPSA) is 96.5 Å². The molecule has 1 fully saturated rings. The number of sulfonamides is 2. The smallest absolute Gasteiger partial charge is 0.264 e. The summed E-state index contributed by atoms with van der Waals surface area (Å²) in [7, 11) is -2.98. The number of benzene rings is 3. The third-order valence-electron chi connectivity index (χ3n) is 7.03. The van der Waals surface area contributed by atoms with E-state index in [9.17, 15) is 16.8 Å². The number of nitrogens with zero attached hydrogens (tertiary/aromatic N) is 3. The van der Waals surface area contributed by atoms with Crippen molar-refractivity contribution in [3.05, 3.63) is 71.3 Å². The second-order valence-corrected chi connectivity index (χ2v) is 13.5. The summed E-state index contributed by atoms with van der Waals surface area (Å²) >= 11 is 0. The number of methoxy groups -OCH3 is 2. The van der Waals surface area contributed by atoms with Crippen LogP contribution >= 0.6 is 0 Å². The normalized spacial score (nSPS) is 14.8. The van der Waals surface area contributed by atoms with Crippen LogP contribution in [0.25, 0.3) is 0 Å². The summed E-state index contributed by atoms with van der Waals surface area (Å²) in [5.74, 6) is 1.15. The lowest BCUT2D eigenvalue weighted by atomic mass is 10.1. The quantitative estimate of drug-likeness (QED) is 0.402. The van der Waals surface area contributed by atoms with Crippen molar-refractivity contribution in [2.75, 3.05) is 56.7 Å². The van der Waals surface area contributed by atoms with Crippen molar-refractivity contribution in [2.24, 2.45) is 0 Å². The monoisotopic (exact) mass is 573 g/mol. The van der Waals surface area contributed by atoms with Crippen LogP contribution in [0.1, 0.15) is 16.7 Å². The van der Waals surface area contributed by atoms with Crippen LogP contribution in [0.4, 0.5) is 11.4 Å². The molecule has 0 spiro atoms. The Hall–Kier alpha value is -3.28. The molecule has 4 rings (SSSR count). The maximum absolute atomic E-state index is 13.5. The van der Waals surface area contributed by atoms with Gasteiger partial charge in [-0.15, -0.1) is 0 Å². The molecule has 0 radical (unpaired) electrons. The highest BCUT2D eigenvalue weighted by Crippen LogP contribution is 2.35. The maximum atomic E-state index is 13.5. The van der Waals surface area contributed by atoms with E-state index in [0.717, 1.165) is 16.7 Å². The zero-order chi connectivity index (χ0) is 28.5. The van der Waals surface area contributed by atoms with Crippen molar-refractivity contribution >= 4 is 31.4 Å². The minimum absolute atomic E-state index is 0.109. The van der Waals surface area contributed by atoms with Crippen LogP contribution in [0.5, 0.6) is 11.5 Å². The Labute approximate surface area is 231 Å². The number of hydrogen-bond acceptors (Lipinski definition) is 7. The van der Waals surface area contributed by atoms with Gasteiger partial charge in [-0.2, -0.15) is 4.31 Å². The standard InChI is InChI=1S/C28H35N3O6S2/c1-20-17-21(2)28(22(3)18-20)39(34,35)31-15-13-30(14-16-31)26-19-25(11-12-27(26)37-6)38(32,33)29(4)23-7-9-24(36-5)10-8-23/h7-12,17-19H,13-16H2,1-6H3. The third-order valence-corrected chi connectivity index (χ3v) is 11.0. The zero-order valence-corrected chi connectivity index (χ0v) is 24.8. The fraction of sp³-hybridized carbons (Fsp3) is 0.357. The molecule has 210 valence electrons. The lowest BCUT2D eigenvalue weighted by Gasteiger charge is -2.36. The average molecular weight is 574 g/mol. The van der Waals surface area contributed by atoms with Gasteiger partial charge >= 0.3 is 0 Å². The van der Waals surface area contributed by atoms with E-state index in [1.54, 1.807) is 43.5 Å². The van der Waals surface area contributed by atoms with Gasteiger partial charge in [-0.1, -0.05) is 17.7 Å². The van der Waals surface area contributed by atoms with Gasteiger partial charge in [-0.25, -0.2) is 16.8 Å². The number of piperazine rings is 1. The van der Waals surface area contributed by atoms with Crippen LogP contribution in [0.2, 0.25) is 0 Å². The van der Waals surface area contributed by atoms with E-state index in [1.165, 1.54) is 28.8 Å². The summed E-state index contributed by atoms with van der Waals surface area (Å²) < 4.78 is 67.5. The molecule has 11 heteroatoms. The Morgan fingerprint density at radius 3 is 1.90 bits per heavy atom. The fourth-order valence-corrected chi connectivity index (χ4v) is 8.09. The van der Waals surface area contributed by atoms with E-state index in [-0.39, 0.29) is 18.0 Å². The SMILES string of the molecule is COc1ccc(N(C)S(=O)(=O)c2ccc(OC)c(N3CCN(S(=O)(=O)c4c(C)cc(C)cc4C)CC3)c2)cc1. The minimum atomic E-state index is -3.88.